The maximum absolute atomic E-state index is 6.01. The highest BCUT2D eigenvalue weighted by molar-refractivity contribution is 5.20. The van der Waals surface area contributed by atoms with E-state index in [1.807, 2.05) is 0 Å². The van der Waals surface area contributed by atoms with Crippen molar-refractivity contribution in [3.63, 3.8) is 0 Å². The normalized spacial score (nSPS) is 15.5. The third kappa shape index (κ3) is 4.62. The molecule has 1 N–H and O–H groups in total. The van der Waals surface area contributed by atoms with Crippen molar-refractivity contribution in [3.8, 4) is 0 Å². The van der Waals surface area contributed by atoms with Crippen molar-refractivity contribution >= 4 is 0 Å². The van der Waals surface area contributed by atoms with E-state index in [-0.39, 0.29) is 0 Å². The molecule has 1 aliphatic rings. The minimum Gasteiger partial charge on any atom is -0.463 e. The molecule has 1 aliphatic carbocycles. The van der Waals surface area contributed by atoms with Crippen LogP contribution in [-0.2, 0) is 17.8 Å². The summed E-state index contributed by atoms with van der Waals surface area (Å²) in [6.07, 6.45) is 2.62. The van der Waals surface area contributed by atoms with Crippen molar-refractivity contribution in [1.82, 2.24) is 10.2 Å². The summed E-state index contributed by atoms with van der Waals surface area (Å²) in [5.41, 5.74) is 1.25. The van der Waals surface area contributed by atoms with Gasteiger partial charge in [0.15, 0.2) is 0 Å². The number of nitrogens with one attached hydrogen (secondary N) is 1. The van der Waals surface area contributed by atoms with Gasteiger partial charge in [0.25, 0.3) is 0 Å². The molecule has 114 valence electrons. The minimum absolute atomic E-state index is 0.479. The van der Waals surface area contributed by atoms with Crippen molar-refractivity contribution in [2.45, 2.75) is 58.8 Å². The summed E-state index contributed by atoms with van der Waals surface area (Å²) in [6, 6.07) is 3.39. The second-order valence-electron chi connectivity index (χ2n) is 6.05. The first-order valence-corrected chi connectivity index (χ1v) is 7.64. The predicted octanol–water partition coefficient (Wildman–Crippen LogP) is 2.70. The Labute approximate surface area is 122 Å². The van der Waals surface area contributed by atoms with E-state index in [0.717, 1.165) is 43.8 Å². The van der Waals surface area contributed by atoms with Crippen LogP contribution in [0.1, 0.15) is 43.8 Å². The molecule has 2 rings (SSSR count). The van der Waals surface area contributed by atoms with E-state index >= 15 is 0 Å². The molecular formula is C16H28N2O2. The lowest BCUT2D eigenvalue weighted by molar-refractivity contribution is 0.134. The highest BCUT2D eigenvalue weighted by atomic mass is 16.5. The fraction of sp³-hybridized carbons (Fsp3) is 0.750. The molecule has 1 aromatic heterocycles. The average molecular weight is 280 g/mol. The SMILES string of the molecule is COCCN(Cc1cc(C)c(CNC(C)C)o1)C1CC1. The van der Waals surface area contributed by atoms with E-state index in [2.05, 4.69) is 37.1 Å². The topological polar surface area (TPSA) is 37.6 Å². The number of hydrogen-bond donors (Lipinski definition) is 1. The molecule has 0 radical (unpaired) electrons. The van der Waals surface area contributed by atoms with Crippen LogP contribution in [0.5, 0.6) is 0 Å². The van der Waals surface area contributed by atoms with Gasteiger partial charge in [-0.05, 0) is 31.4 Å². The summed E-state index contributed by atoms with van der Waals surface area (Å²) in [6.45, 7) is 9.92. The summed E-state index contributed by atoms with van der Waals surface area (Å²) in [7, 11) is 1.76. The minimum atomic E-state index is 0.479. The van der Waals surface area contributed by atoms with Crippen LogP contribution < -0.4 is 5.32 Å². The Morgan fingerprint density at radius 3 is 2.80 bits per heavy atom. The van der Waals surface area contributed by atoms with Crippen LogP contribution >= 0.6 is 0 Å². The van der Waals surface area contributed by atoms with Crippen molar-refractivity contribution < 1.29 is 9.15 Å². The lowest BCUT2D eigenvalue weighted by Gasteiger charge is -2.20. The van der Waals surface area contributed by atoms with Crippen molar-refractivity contribution in [3.05, 3.63) is 23.2 Å². The molecule has 4 heteroatoms. The third-order valence-electron chi connectivity index (χ3n) is 3.75. The van der Waals surface area contributed by atoms with Crippen LogP contribution in [-0.4, -0.2) is 37.2 Å². The number of methoxy groups -OCH3 is 1. The molecule has 0 saturated heterocycles. The molecule has 4 nitrogen and oxygen atoms in total. The number of nitrogens with zero attached hydrogens (tertiary/aromatic N) is 1. The van der Waals surface area contributed by atoms with E-state index < -0.39 is 0 Å². The Morgan fingerprint density at radius 1 is 1.45 bits per heavy atom. The Morgan fingerprint density at radius 2 is 2.20 bits per heavy atom. The van der Waals surface area contributed by atoms with Crippen LogP contribution in [0.15, 0.2) is 10.5 Å². The summed E-state index contributed by atoms with van der Waals surface area (Å²) in [5, 5.41) is 3.41. The van der Waals surface area contributed by atoms with Crippen molar-refractivity contribution in [2.75, 3.05) is 20.3 Å². The van der Waals surface area contributed by atoms with Gasteiger partial charge in [0.05, 0.1) is 19.7 Å². The zero-order valence-corrected chi connectivity index (χ0v) is 13.2. The van der Waals surface area contributed by atoms with Crippen molar-refractivity contribution in [2.24, 2.45) is 0 Å². The van der Waals surface area contributed by atoms with Gasteiger partial charge >= 0.3 is 0 Å². The molecule has 0 aromatic carbocycles. The second-order valence-corrected chi connectivity index (χ2v) is 6.05. The molecule has 20 heavy (non-hydrogen) atoms. The van der Waals surface area contributed by atoms with Gasteiger partial charge in [0.1, 0.15) is 11.5 Å². The molecule has 0 spiro atoms. The van der Waals surface area contributed by atoms with E-state index in [4.69, 9.17) is 9.15 Å². The molecule has 0 aliphatic heterocycles. The van der Waals surface area contributed by atoms with Gasteiger partial charge < -0.3 is 14.5 Å². The summed E-state index contributed by atoms with van der Waals surface area (Å²) in [5.74, 6) is 2.14. The van der Waals surface area contributed by atoms with Crippen LogP contribution in [0.4, 0.5) is 0 Å². The molecule has 0 amide bonds. The molecule has 1 heterocycles. The van der Waals surface area contributed by atoms with Gasteiger partial charge in [-0.1, -0.05) is 13.8 Å². The zero-order valence-electron chi connectivity index (χ0n) is 13.2. The van der Waals surface area contributed by atoms with Gasteiger partial charge in [-0.3, -0.25) is 4.90 Å². The van der Waals surface area contributed by atoms with Crippen LogP contribution in [0.3, 0.4) is 0 Å². The Balaban J connectivity index is 1.92. The number of ether oxygens (including phenoxy) is 1. The van der Waals surface area contributed by atoms with Crippen molar-refractivity contribution in [1.29, 1.82) is 0 Å². The summed E-state index contributed by atoms with van der Waals surface area (Å²) < 4.78 is 11.2. The largest absolute Gasteiger partial charge is 0.463 e. The summed E-state index contributed by atoms with van der Waals surface area (Å²) in [4.78, 5) is 2.47. The van der Waals surface area contributed by atoms with Gasteiger partial charge in [0.2, 0.25) is 0 Å². The molecule has 0 bridgehead atoms. The Hall–Kier alpha value is -0.840. The monoisotopic (exact) mass is 280 g/mol. The smallest absolute Gasteiger partial charge is 0.120 e. The average Bonchev–Trinajstić information content (AvgIpc) is 3.17. The van der Waals surface area contributed by atoms with Gasteiger partial charge in [-0.25, -0.2) is 0 Å². The fourth-order valence-corrected chi connectivity index (χ4v) is 2.38. The first kappa shape index (κ1) is 15.5. The van der Waals surface area contributed by atoms with E-state index in [1.54, 1.807) is 7.11 Å². The maximum atomic E-state index is 6.01. The van der Waals surface area contributed by atoms with Gasteiger partial charge in [0, 0.05) is 25.7 Å². The fourth-order valence-electron chi connectivity index (χ4n) is 2.38. The highest BCUT2D eigenvalue weighted by Gasteiger charge is 2.29. The number of aryl methyl sites for hydroxylation is 1. The quantitative estimate of drug-likeness (QED) is 0.755. The molecule has 0 atom stereocenters. The Bertz CT molecular complexity index is 411. The lowest BCUT2D eigenvalue weighted by Crippen LogP contribution is -2.29. The first-order chi connectivity index (χ1) is 9.60. The number of furan rings is 1. The maximum Gasteiger partial charge on any atom is 0.120 e. The number of rotatable bonds is 9. The van der Waals surface area contributed by atoms with Crippen LogP contribution in [0, 0.1) is 6.92 Å². The zero-order chi connectivity index (χ0) is 14.5. The highest BCUT2D eigenvalue weighted by Crippen LogP contribution is 2.28. The Kier molecular flexibility index (Phi) is 5.64. The molecular weight excluding hydrogens is 252 g/mol. The standard InChI is InChI=1S/C16H28N2O2/c1-12(2)17-10-16-13(3)9-15(20-16)11-18(7-8-19-4)14-5-6-14/h9,12,14,17H,5-8,10-11H2,1-4H3. The first-order valence-electron chi connectivity index (χ1n) is 7.64. The van der Waals surface area contributed by atoms with Crippen LogP contribution in [0.25, 0.3) is 0 Å². The van der Waals surface area contributed by atoms with Crippen LogP contribution in [0.2, 0.25) is 0 Å². The van der Waals surface area contributed by atoms with E-state index in [0.29, 0.717) is 6.04 Å². The molecule has 1 fully saturated rings. The van der Waals surface area contributed by atoms with Gasteiger partial charge in [-0.15, -0.1) is 0 Å². The predicted molar refractivity (Wildman–Crippen MR) is 80.7 cm³/mol. The second kappa shape index (κ2) is 7.25. The lowest BCUT2D eigenvalue weighted by atomic mass is 10.2. The molecule has 1 saturated carbocycles. The summed E-state index contributed by atoms with van der Waals surface area (Å²) >= 11 is 0. The molecule has 1 aromatic rings. The number of hydrogen-bond acceptors (Lipinski definition) is 4. The van der Waals surface area contributed by atoms with E-state index in [1.165, 1.54) is 18.4 Å². The van der Waals surface area contributed by atoms with Gasteiger partial charge in [-0.2, -0.15) is 0 Å². The third-order valence-corrected chi connectivity index (χ3v) is 3.75. The molecule has 0 unspecified atom stereocenters. The van der Waals surface area contributed by atoms with E-state index in [9.17, 15) is 0 Å².